The van der Waals surface area contributed by atoms with Gasteiger partial charge in [0.2, 0.25) is 0 Å². The summed E-state index contributed by atoms with van der Waals surface area (Å²) < 4.78 is 50.4. The maximum Gasteiger partial charge on any atom is 0.407 e. The molecule has 0 radical (unpaired) electrons. The molecule has 0 atom stereocenters. The summed E-state index contributed by atoms with van der Waals surface area (Å²) in [4.78, 5) is 11.6. The van der Waals surface area contributed by atoms with Crippen LogP contribution in [0.25, 0.3) is 0 Å². The smallest absolute Gasteiger partial charge is 0.407 e. The SMILES string of the molecule is Cc1ccc(S(=O)(=O)OCCOCCOCCOCCCCCCNC(=O)OC(C)(C)C)cc1. The zero-order chi connectivity index (χ0) is 25.3. The zero-order valence-electron chi connectivity index (χ0n) is 21.0. The van der Waals surface area contributed by atoms with Gasteiger partial charge in [-0.15, -0.1) is 0 Å². The minimum atomic E-state index is -3.76. The largest absolute Gasteiger partial charge is 0.444 e. The summed E-state index contributed by atoms with van der Waals surface area (Å²) in [6.07, 6.45) is 3.54. The molecular weight excluding hydrogens is 462 g/mol. The van der Waals surface area contributed by atoms with Gasteiger partial charge >= 0.3 is 6.09 Å². The Hall–Kier alpha value is -1.72. The molecule has 0 saturated carbocycles. The fourth-order valence-electron chi connectivity index (χ4n) is 2.70. The van der Waals surface area contributed by atoms with Crippen molar-refractivity contribution in [3.63, 3.8) is 0 Å². The molecule has 0 spiro atoms. The van der Waals surface area contributed by atoms with Crippen molar-refractivity contribution in [2.75, 3.05) is 52.8 Å². The quantitative estimate of drug-likeness (QED) is 0.238. The van der Waals surface area contributed by atoms with Gasteiger partial charge in [-0.1, -0.05) is 30.5 Å². The van der Waals surface area contributed by atoms with E-state index in [-0.39, 0.29) is 24.2 Å². The van der Waals surface area contributed by atoms with Crippen LogP contribution in [-0.2, 0) is 33.2 Å². The summed E-state index contributed by atoms with van der Waals surface area (Å²) in [5, 5.41) is 2.75. The van der Waals surface area contributed by atoms with Crippen LogP contribution >= 0.6 is 0 Å². The Morgan fingerprint density at radius 1 is 0.794 bits per heavy atom. The number of hydrogen-bond acceptors (Lipinski definition) is 8. The van der Waals surface area contributed by atoms with Crippen LogP contribution in [0.15, 0.2) is 29.2 Å². The minimum Gasteiger partial charge on any atom is -0.444 e. The van der Waals surface area contributed by atoms with Gasteiger partial charge in [-0.2, -0.15) is 8.42 Å². The molecule has 0 unspecified atom stereocenters. The highest BCUT2D eigenvalue weighted by Crippen LogP contribution is 2.13. The molecule has 10 heteroatoms. The molecule has 0 aliphatic carbocycles. The van der Waals surface area contributed by atoms with Gasteiger partial charge in [0.05, 0.1) is 44.5 Å². The monoisotopic (exact) mass is 503 g/mol. The number of nitrogens with one attached hydrogen (secondary N) is 1. The lowest BCUT2D eigenvalue weighted by Crippen LogP contribution is -2.32. The van der Waals surface area contributed by atoms with Gasteiger partial charge in [-0.3, -0.25) is 4.18 Å². The van der Waals surface area contributed by atoms with E-state index in [9.17, 15) is 13.2 Å². The standard InChI is InChI=1S/C24H41NO8S/c1-21-9-11-22(12-10-21)34(27,28)32-20-19-31-18-17-30-16-15-29-14-8-6-5-7-13-25-23(26)33-24(2,3)4/h9-12H,5-8,13-20H2,1-4H3,(H,25,26). The van der Waals surface area contributed by atoms with E-state index in [1.54, 1.807) is 12.1 Å². The van der Waals surface area contributed by atoms with Crippen molar-refractivity contribution in [2.45, 2.75) is 63.9 Å². The van der Waals surface area contributed by atoms with Gasteiger partial charge in [0.15, 0.2) is 0 Å². The number of rotatable bonds is 18. The van der Waals surface area contributed by atoms with E-state index < -0.39 is 15.7 Å². The third-order valence-corrected chi connectivity index (χ3v) is 5.73. The first-order valence-electron chi connectivity index (χ1n) is 11.8. The average molecular weight is 504 g/mol. The number of hydrogen-bond donors (Lipinski definition) is 1. The van der Waals surface area contributed by atoms with Gasteiger partial charge in [0, 0.05) is 13.2 Å². The first-order valence-corrected chi connectivity index (χ1v) is 13.2. The van der Waals surface area contributed by atoms with Crippen LogP contribution in [0.2, 0.25) is 0 Å². The summed E-state index contributed by atoms with van der Waals surface area (Å²) in [7, 11) is -3.76. The van der Waals surface area contributed by atoms with Crippen LogP contribution < -0.4 is 5.32 Å². The third-order valence-electron chi connectivity index (χ3n) is 4.40. The fraction of sp³-hybridized carbons (Fsp3) is 0.708. The Balaban J connectivity index is 1.84. The number of carbonyl (C=O) groups is 1. The van der Waals surface area contributed by atoms with Crippen LogP contribution in [0.4, 0.5) is 4.79 Å². The molecule has 0 aliphatic rings. The predicted octanol–water partition coefficient (Wildman–Crippen LogP) is 3.84. The molecule has 1 rings (SSSR count). The van der Waals surface area contributed by atoms with E-state index in [1.807, 2.05) is 27.7 Å². The Kier molecular flexibility index (Phi) is 15.0. The molecule has 0 bridgehead atoms. The molecule has 0 aliphatic heterocycles. The van der Waals surface area contributed by atoms with Crippen LogP contribution in [0.3, 0.4) is 0 Å². The number of benzene rings is 1. The summed E-state index contributed by atoms with van der Waals surface area (Å²) in [6, 6.07) is 6.49. The number of amides is 1. The first kappa shape index (κ1) is 30.3. The molecule has 34 heavy (non-hydrogen) atoms. The highest BCUT2D eigenvalue weighted by molar-refractivity contribution is 7.86. The summed E-state index contributed by atoms with van der Waals surface area (Å²) >= 11 is 0. The maximum atomic E-state index is 12.0. The van der Waals surface area contributed by atoms with Crippen molar-refractivity contribution in [1.82, 2.24) is 5.32 Å². The number of ether oxygens (including phenoxy) is 4. The highest BCUT2D eigenvalue weighted by atomic mass is 32.2. The lowest BCUT2D eigenvalue weighted by molar-refractivity contribution is 0.00912. The normalized spacial score (nSPS) is 12.0. The number of unbranched alkanes of at least 4 members (excludes halogenated alkanes) is 3. The Morgan fingerprint density at radius 3 is 1.91 bits per heavy atom. The van der Waals surface area contributed by atoms with E-state index >= 15 is 0 Å². The molecule has 1 aromatic carbocycles. The summed E-state index contributed by atoms with van der Waals surface area (Å²) in [6.45, 7) is 10.6. The van der Waals surface area contributed by atoms with Crippen LogP contribution in [0.5, 0.6) is 0 Å². The van der Waals surface area contributed by atoms with E-state index in [4.69, 9.17) is 23.1 Å². The first-order chi connectivity index (χ1) is 16.1. The summed E-state index contributed by atoms with van der Waals surface area (Å²) in [5.41, 5.74) is 0.509. The molecule has 1 amide bonds. The van der Waals surface area contributed by atoms with Gasteiger partial charge < -0.3 is 24.3 Å². The lowest BCUT2D eigenvalue weighted by atomic mass is 10.2. The van der Waals surface area contributed by atoms with E-state index in [2.05, 4.69) is 5.32 Å². The molecule has 1 aromatic rings. The second-order valence-electron chi connectivity index (χ2n) is 8.77. The summed E-state index contributed by atoms with van der Waals surface area (Å²) in [5.74, 6) is 0. The van der Waals surface area contributed by atoms with Crippen molar-refractivity contribution in [3.8, 4) is 0 Å². The fourth-order valence-corrected chi connectivity index (χ4v) is 3.60. The second kappa shape index (κ2) is 16.8. The van der Waals surface area contributed by atoms with Crippen LogP contribution in [-0.4, -0.2) is 72.9 Å². The van der Waals surface area contributed by atoms with Crippen LogP contribution in [0, 0.1) is 6.92 Å². The molecule has 0 fully saturated rings. The van der Waals surface area contributed by atoms with Crippen molar-refractivity contribution in [1.29, 1.82) is 0 Å². The van der Waals surface area contributed by atoms with Crippen molar-refractivity contribution < 1.29 is 36.3 Å². The van der Waals surface area contributed by atoms with Crippen molar-refractivity contribution in [3.05, 3.63) is 29.8 Å². The van der Waals surface area contributed by atoms with E-state index in [0.29, 0.717) is 39.6 Å². The van der Waals surface area contributed by atoms with E-state index in [0.717, 1.165) is 31.2 Å². The molecule has 9 nitrogen and oxygen atoms in total. The lowest BCUT2D eigenvalue weighted by Gasteiger charge is -2.19. The molecule has 1 N–H and O–H groups in total. The third kappa shape index (κ3) is 16.0. The second-order valence-corrected chi connectivity index (χ2v) is 10.4. The Bertz CT molecular complexity index is 775. The maximum absolute atomic E-state index is 12.0. The van der Waals surface area contributed by atoms with Gasteiger partial charge in [-0.25, -0.2) is 4.79 Å². The van der Waals surface area contributed by atoms with Gasteiger partial charge in [-0.05, 0) is 52.7 Å². The number of carbonyl (C=O) groups excluding carboxylic acids is 1. The molecule has 0 heterocycles. The molecule has 0 saturated heterocycles. The van der Waals surface area contributed by atoms with Gasteiger partial charge in [0.1, 0.15) is 5.60 Å². The minimum absolute atomic E-state index is 0.0453. The predicted molar refractivity (Wildman–Crippen MR) is 129 cm³/mol. The highest BCUT2D eigenvalue weighted by Gasteiger charge is 2.15. The molecular formula is C24H41NO8S. The zero-order valence-corrected chi connectivity index (χ0v) is 21.8. The Morgan fingerprint density at radius 2 is 1.32 bits per heavy atom. The van der Waals surface area contributed by atoms with Crippen molar-refractivity contribution >= 4 is 16.2 Å². The van der Waals surface area contributed by atoms with E-state index in [1.165, 1.54) is 12.1 Å². The number of alkyl carbamates (subject to hydrolysis) is 1. The van der Waals surface area contributed by atoms with Gasteiger partial charge in [0.25, 0.3) is 10.1 Å². The average Bonchev–Trinajstić information content (AvgIpc) is 2.75. The van der Waals surface area contributed by atoms with Crippen LogP contribution in [0.1, 0.15) is 52.0 Å². The topological polar surface area (TPSA) is 109 Å². The number of aryl methyl sites for hydroxylation is 1. The Labute approximate surface area is 204 Å². The molecule has 196 valence electrons. The van der Waals surface area contributed by atoms with Crippen molar-refractivity contribution in [2.24, 2.45) is 0 Å². The molecule has 0 aromatic heterocycles.